The number of nitrogens with zero attached hydrogens (tertiary/aromatic N) is 1. The molecule has 0 radical (unpaired) electrons. The number of thiocarbonyl (C=S) groups is 1. The number of carbonyl (C=O) groups excluding carboxylic acids is 1. The smallest absolute Gasteiger partial charge is 0.311 e. The number of esters is 1. The number of hydrogen-bond donors (Lipinski definition) is 1. The van der Waals surface area contributed by atoms with Crippen LogP contribution in [0, 0.1) is 35.0 Å². The average molecular weight is 501 g/mol. The molecule has 6 fully saturated rings. The van der Waals surface area contributed by atoms with Gasteiger partial charge in [-0.15, -0.1) is 0 Å². The van der Waals surface area contributed by atoms with E-state index in [1.807, 2.05) is 12.1 Å². The Hall–Kier alpha value is -1.17. The van der Waals surface area contributed by atoms with Crippen LogP contribution in [0.1, 0.15) is 63.9 Å². The molecule has 5 atom stereocenters. The Morgan fingerprint density at radius 2 is 1.76 bits per heavy atom. The molecule has 1 aromatic rings. The minimum atomic E-state index is -0.231. The molecule has 0 amide bonds. The number of fused-ring (bicyclic) bond motifs is 1. The Morgan fingerprint density at radius 3 is 2.41 bits per heavy atom. The molecule has 0 spiro atoms. The van der Waals surface area contributed by atoms with Crippen LogP contribution in [0.15, 0.2) is 24.3 Å². The number of nitrogens with one attached hydrogen (secondary N) is 1. The Bertz CT molecular complexity index is 979. The van der Waals surface area contributed by atoms with Crippen LogP contribution < -0.4 is 5.32 Å². The van der Waals surface area contributed by atoms with E-state index in [2.05, 4.69) is 36.2 Å². The summed E-state index contributed by atoms with van der Waals surface area (Å²) in [6, 6.07) is 8.86. The van der Waals surface area contributed by atoms with E-state index < -0.39 is 0 Å². The van der Waals surface area contributed by atoms with Gasteiger partial charge in [-0.25, -0.2) is 0 Å². The summed E-state index contributed by atoms with van der Waals surface area (Å²) in [5.74, 6) is 3.88. The van der Waals surface area contributed by atoms with Crippen molar-refractivity contribution in [3.63, 3.8) is 0 Å². The highest BCUT2D eigenvalue weighted by Gasteiger charge is 2.59. The minimum Gasteiger partial charge on any atom is -0.469 e. The SMILES string of the molecule is COC(=O)C12CC3CC(C1)C(NC(=S)C(C)(C)N1C[C@@H]4C[C@@H](c5ccc(Cl)cc5)[C@@H]4C1)C(C3)C2. The van der Waals surface area contributed by atoms with E-state index in [4.69, 9.17) is 28.6 Å². The van der Waals surface area contributed by atoms with Crippen molar-refractivity contribution < 1.29 is 9.53 Å². The Balaban J connectivity index is 1.12. The lowest BCUT2D eigenvalue weighted by Gasteiger charge is -2.59. The second kappa shape index (κ2) is 8.18. The van der Waals surface area contributed by atoms with Gasteiger partial charge in [0.1, 0.15) is 0 Å². The molecule has 4 bridgehead atoms. The first-order valence-electron chi connectivity index (χ1n) is 13.1. The molecule has 184 valence electrons. The molecule has 5 aliphatic carbocycles. The maximum Gasteiger partial charge on any atom is 0.311 e. The van der Waals surface area contributed by atoms with Crippen molar-refractivity contribution in [2.45, 2.75) is 69.9 Å². The first-order valence-corrected chi connectivity index (χ1v) is 13.9. The normalized spacial score (nSPS) is 40.5. The molecule has 34 heavy (non-hydrogen) atoms. The third-order valence-electron chi connectivity index (χ3n) is 10.4. The van der Waals surface area contributed by atoms with Gasteiger partial charge in [0.25, 0.3) is 0 Å². The number of ether oxygens (including phenoxy) is 1. The van der Waals surface area contributed by atoms with E-state index in [0.717, 1.165) is 48.3 Å². The third-order valence-corrected chi connectivity index (χ3v) is 11.3. The molecule has 1 heterocycles. The van der Waals surface area contributed by atoms with Crippen molar-refractivity contribution in [3.05, 3.63) is 34.9 Å². The fourth-order valence-electron chi connectivity index (χ4n) is 8.65. The van der Waals surface area contributed by atoms with Crippen molar-refractivity contribution in [1.29, 1.82) is 0 Å². The van der Waals surface area contributed by atoms with Gasteiger partial charge >= 0.3 is 5.97 Å². The van der Waals surface area contributed by atoms with E-state index >= 15 is 0 Å². The Labute approximate surface area is 214 Å². The maximum atomic E-state index is 12.7. The van der Waals surface area contributed by atoms with Gasteiger partial charge in [-0.3, -0.25) is 9.69 Å². The summed E-state index contributed by atoms with van der Waals surface area (Å²) in [4.78, 5) is 16.3. The van der Waals surface area contributed by atoms with Crippen molar-refractivity contribution >= 4 is 34.8 Å². The summed E-state index contributed by atoms with van der Waals surface area (Å²) in [7, 11) is 1.55. The van der Waals surface area contributed by atoms with Crippen molar-refractivity contribution in [1.82, 2.24) is 10.2 Å². The fourth-order valence-corrected chi connectivity index (χ4v) is 9.05. The lowest BCUT2D eigenvalue weighted by molar-refractivity contribution is -0.170. The summed E-state index contributed by atoms with van der Waals surface area (Å²) < 4.78 is 5.25. The predicted octanol–water partition coefficient (Wildman–Crippen LogP) is 5.44. The number of rotatable bonds is 5. The van der Waals surface area contributed by atoms with Crippen LogP contribution in [-0.2, 0) is 9.53 Å². The second-order valence-electron chi connectivity index (χ2n) is 12.5. The molecule has 7 rings (SSSR count). The molecular formula is C28H37ClN2O2S. The van der Waals surface area contributed by atoms with Crippen LogP contribution in [-0.4, -0.2) is 47.6 Å². The maximum absolute atomic E-state index is 12.7. The van der Waals surface area contributed by atoms with Crippen LogP contribution in [0.25, 0.3) is 0 Å². The molecular weight excluding hydrogens is 464 g/mol. The molecule has 1 saturated heterocycles. The second-order valence-corrected chi connectivity index (χ2v) is 13.4. The number of carbonyl (C=O) groups is 1. The van der Waals surface area contributed by atoms with Crippen LogP contribution in [0.2, 0.25) is 5.02 Å². The Morgan fingerprint density at radius 1 is 1.09 bits per heavy atom. The van der Waals surface area contributed by atoms with Gasteiger partial charge in [0.2, 0.25) is 0 Å². The van der Waals surface area contributed by atoms with E-state index in [-0.39, 0.29) is 16.9 Å². The monoisotopic (exact) mass is 500 g/mol. The molecule has 6 heteroatoms. The average Bonchev–Trinajstić information content (AvgIpc) is 3.13. The number of halogens is 1. The molecule has 6 aliphatic rings. The molecule has 2 unspecified atom stereocenters. The molecule has 5 saturated carbocycles. The van der Waals surface area contributed by atoms with Gasteiger partial charge in [0.05, 0.1) is 23.1 Å². The van der Waals surface area contributed by atoms with E-state index in [0.29, 0.717) is 35.6 Å². The highest BCUT2D eigenvalue weighted by Crippen LogP contribution is 2.60. The van der Waals surface area contributed by atoms with Gasteiger partial charge in [-0.05, 0) is 106 Å². The number of likely N-dealkylation sites (tertiary alicyclic amines) is 1. The number of hydrogen-bond acceptors (Lipinski definition) is 4. The van der Waals surface area contributed by atoms with Crippen molar-refractivity contribution in [2.75, 3.05) is 20.2 Å². The van der Waals surface area contributed by atoms with E-state index in [9.17, 15) is 4.79 Å². The van der Waals surface area contributed by atoms with Gasteiger partial charge in [-0.2, -0.15) is 0 Å². The van der Waals surface area contributed by atoms with Crippen molar-refractivity contribution in [3.8, 4) is 0 Å². The fraction of sp³-hybridized carbons (Fsp3) is 0.714. The summed E-state index contributed by atoms with van der Waals surface area (Å²) in [5, 5.41) is 4.69. The first-order chi connectivity index (χ1) is 16.2. The van der Waals surface area contributed by atoms with Gasteiger partial charge < -0.3 is 10.1 Å². The minimum absolute atomic E-state index is 0.0241. The van der Waals surface area contributed by atoms with E-state index in [1.54, 1.807) is 7.11 Å². The molecule has 0 aromatic heterocycles. The van der Waals surface area contributed by atoms with Crippen LogP contribution in [0.5, 0.6) is 0 Å². The van der Waals surface area contributed by atoms with Gasteiger partial charge in [0.15, 0.2) is 0 Å². The van der Waals surface area contributed by atoms with Crippen LogP contribution in [0.3, 0.4) is 0 Å². The highest BCUT2D eigenvalue weighted by molar-refractivity contribution is 7.80. The summed E-state index contributed by atoms with van der Waals surface area (Å²) in [5.41, 5.74) is 1.04. The molecule has 1 N–H and O–H groups in total. The molecule has 1 aliphatic heterocycles. The summed E-state index contributed by atoms with van der Waals surface area (Å²) in [6.45, 7) is 6.85. The highest BCUT2D eigenvalue weighted by atomic mass is 35.5. The number of benzene rings is 1. The Kier molecular flexibility index (Phi) is 5.59. The van der Waals surface area contributed by atoms with Crippen molar-refractivity contribution in [2.24, 2.45) is 35.0 Å². The predicted molar refractivity (Wildman–Crippen MR) is 139 cm³/mol. The zero-order valence-electron chi connectivity index (χ0n) is 20.6. The lowest BCUT2D eigenvalue weighted by Crippen LogP contribution is -2.64. The zero-order valence-corrected chi connectivity index (χ0v) is 22.1. The third kappa shape index (κ3) is 3.56. The van der Waals surface area contributed by atoms with Crippen LogP contribution in [0.4, 0.5) is 0 Å². The summed E-state index contributed by atoms with van der Waals surface area (Å²) in [6.07, 6.45) is 6.68. The first kappa shape index (κ1) is 23.2. The summed E-state index contributed by atoms with van der Waals surface area (Å²) >= 11 is 12.2. The topological polar surface area (TPSA) is 41.6 Å². The van der Waals surface area contributed by atoms with Gasteiger partial charge in [-0.1, -0.05) is 36.0 Å². The number of methoxy groups -OCH3 is 1. The molecule has 4 nitrogen and oxygen atoms in total. The lowest BCUT2D eigenvalue weighted by atomic mass is 9.48. The zero-order chi connectivity index (χ0) is 23.8. The van der Waals surface area contributed by atoms with Crippen LogP contribution >= 0.6 is 23.8 Å². The molecule has 1 aromatic carbocycles. The largest absolute Gasteiger partial charge is 0.469 e. The standard InChI is InChI=1S/C28H37ClN2O2S/c1-27(2,31-14-20-10-22(23(20)15-31)17-4-6-21(29)7-5-17)25(34)30-24-18-8-16-9-19(24)13-28(11-16,12-18)26(32)33-3/h4-7,16,18-20,22-24H,8-15H2,1-3H3,(H,30,34)/t16?,18?,19?,20-,22-,23+,24?,28?/m0/s1. The quantitative estimate of drug-likeness (QED) is 0.430. The van der Waals surface area contributed by atoms with Gasteiger partial charge in [0, 0.05) is 24.2 Å². The van der Waals surface area contributed by atoms with E-state index in [1.165, 1.54) is 24.8 Å².